The fourth-order valence-corrected chi connectivity index (χ4v) is 4.07. The average Bonchev–Trinajstić information content (AvgIpc) is 3.17. The van der Waals surface area contributed by atoms with E-state index in [9.17, 15) is 9.59 Å². The van der Waals surface area contributed by atoms with Gasteiger partial charge in [0.25, 0.3) is 0 Å². The van der Waals surface area contributed by atoms with Crippen LogP contribution < -0.4 is 5.32 Å². The minimum Gasteiger partial charge on any atom is -0.462 e. The first-order chi connectivity index (χ1) is 11.5. The number of amides is 1. The SMILES string of the molecule is CCOC(=O)c1cc(C)n(CC(=O)Nc2nc3c(s2)CCC3)c1C. The highest BCUT2D eigenvalue weighted by atomic mass is 32.1. The molecule has 0 unspecified atom stereocenters. The van der Waals surface area contributed by atoms with Gasteiger partial charge in [-0.1, -0.05) is 0 Å². The molecule has 7 heteroatoms. The maximum Gasteiger partial charge on any atom is 0.339 e. The first kappa shape index (κ1) is 16.7. The Kier molecular flexibility index (Phi) is 4.71. The number of hydrogen-bond donors (Lipinski definition) is 1. The van der Waals surface area contributed by atoms with E-state index in [0.717, 1.165) is 36.3 Å². The maximum atomic E-state index is 12.3. The van der Waals surface area contributed by atoms with Crippen LogP contribution in [0.2, 0.25) is 0 Å². The third-order valence-electron chi connectivity index (χ3n) is 4.21. The summed E-state index contributed by atoms with van der Waals surface area (Å²) >= 11 is 1.56. The summed E-state index contributed by atoms with van der Waals surface area (Å²) in [5, 5.41) is 3.53. The van der Waals surface area contributed by atoms with Crippen LogP contribution in [0.25, 0.3) is 0 Å². The van der Waals surface area contributed by atoms with Crippen LogP contribution >= 0.6 is 11.3 Å². The maximum absolute atomic E-state index is 12.3. The molecule has 0 spiro atoms. The van der Waals surface area contributed by atoms with Crippen LogP contribution in [0, 0.1) is 13.8 Å². The standard InChI is InChI=1S/C17H21N3O3S/c1-4-23-16(22)12-8-10(2)20(11(12)3)9-15(21)19-17-18-13-6-5-7-14(13)24-17/h8H,4-7,9H2,1-3H3,(H,18,19,21). The molecule has 1 N–H and O–H groups in total. The number of rotatable bonds is 5. The monoisotopic (exact) mass is 347 g/mol. The van der Waals surface area contributed by atoms with Crippen molar-refractivity contribution in [2.24, 2.45) is 0 Å². The zero-order valence-electron chi connectivity index (χ0n) is 14.1. The van der Waals surface area contributed by atoms with Crippen molar-refractivity contribution >= 4 is 28.3 Å². The predicted octanol–water partition coefficient (Wildman–Crippen LogP) is 2.87. The number of esters is 1. The largest absolute Gasteiger partial charge is 0.462 e. The van der Waals surface area contributed by atoms with Gasteiger partial charge in [-0.25, -0.2) is 9.78 Å². The van der Waals surface area contributed by atoms with Crippen LogP contribution in [0.1, 0.15) is 45.7 Å². The Hall–Kier alpha value is -2.15. The van der Waals surface area contributed by atoms with Crippen molar-refractivity contribution in [3.63, 3.8) is 0 Å². The molecular weight excluding hydrogens is 326 g/mol. The molecule has 3 rings (SSSR count). The summed E-state index contributed by atoms with van der Waals surface area (Å²) in [4.78, 5) is 30.0. The normalized spacial score (nSPS) is 13.0. The van der Waals surface area contributed by atoms with E-state index >= 15 is 0 Å². The van der Waals surface area contributed by atoms with Gasteiger partial charge < -0.3 is 14.6 Å². The van der Waals surface area contributed by atoms with E-state index in [-0.39, 0.29) is 18.4 Å². The molecule has 0 atom stereocenters. The Balaban J connectivity index is 1.70. The molecule has 1 amide bonds. The summed E-state index contributed by atoms with van der Waals surface area (Å²) in [6.45, 7) is 5.96. The number of fused-ring (bicyclic) bond motifs is 1. The molecule has 0 aromatic carbocycles. The van der Waals surface area contributed by atoms with E-state index in [1.807, 2.05) is 18.4 Å². The smallest absolute Gasteiger partial charge is 0.339 e. The van der Waals surface area contributed by atoms with Gasteiger partial charge in [-0.2, -0.15) is 0 Å². The van der Waals surface area contributed by atoms with Crippen molar-refractivity contribution in [3.05, 3.63) is 33.6 Å². The molecule has 24 heavy (non-hydrogen) atoms. The minimum absolute atomic E-state index is 0.139. The van der Waals surface area contributed by atoms with E-state index in [1.165, 1.54) is 4.88 Å². The highest BCUT2D eigenvalue weighted by Crippen LogP contribution is 2.30. The second-order valence-electron chi connectivity index (χ2n) is 5.88. The van der Waals surface area contributed by atoms with E-state index in [4.69, 9.17) is 4.74 Å². The third kappa shape index (κ3) is 3.21. The Morgan fingerprint density at radius 1 is 1.38 bits per heavy atom. The summed E-state index contributed by atoms with van der Waals surface area (Å²) in [5.41, 5.74) is 3.22. The van der Waals surface area contributed by atoms with Gasteiger partial charge in [-0.05, 0) is 46.1 Å². The molecule has 0 radical (unpaired) electrons. The first-order valence-electron chi connectivity index (χ1n) is 8.12. The Morgan fingerprint density at radius 3 is 2.88 bits per heavy atom. The molecule has 2 heterocycles. The number of aromatic nitrogens is 2. The summed E-state index contributed by atoms with van der Waals surface area (Å²) < 4.78 is 6.87. The van der Waals surface area contributed by atoms with Gasteiger partial charge in [0.15, 0.2) is 5.13 Å². The van der Waals surface area contributed by atoms with Gasteiger partial charge >= 0.3 is 5.97 Å². The van der Waals surface area contributed by atoms with Gasteiger partial charge in [0, 0.05) is 16.3 Å². The van der Waals surface area contributed by atoms with Crippen LogP contribution in [0.4, 0.5) is 5.13 Å². The molecule has 6 nitrogen and oxygen atoms in total. The molecule has 1 aliphatic carbocycles. The van der Waals surface area contributed by atoms with E-state index in [2.05, 4.69) is 10.3 Å². The first-order valence-corrected chi connectivity index (χ1v) is 8.93. The number of carbonyl (C=O) groups is 2. The lowest BCUT2D eigenvalue weighted by Crippen LogP contribution is -2.20. The van der Waals surface area contributed by atoms with E-state index < -0.39 is 0 Å². The van der Waals surface area contributed by atoms with Crippen molar-refractivity contribution in [1.29, 1.82) is 0 Å². The minimum atomic E-state index is -0.353. The van der Waals surface area contributed by atoms with Crippen molar-refractivity contribution in [2.75, 3.05) is 11.9 Å². The number of nitrogens with one attached hydrogen (secondary N) is 1. The van der Waals surface area contributed by atoms with Crippen molar-refractivity contribution in [3.8, 4) is 0 Å². The average molecular weight is 347 g/mol. The fourth-order valence-electron chi connectivity index (χ4n) is 3.01. The highest BCUT2D eigenvalue weighted by molar-refractivity contribution is 7.15. The second-order valence-corrected chi connectivity index (χ2v) is 6.97. The molecule has 2 aromatic heterocycles. The zero-order chi connectivity index (χ0) is 17.3. The lowest BCUT2D eigenvalue weighted by Gasteiger charge is -2.09. The topological polar surface area (TPSA) is 73.2 Å². The summed E-state index contributed by atoms with van der Waals surface area (Å²) in [7, 11) is 0. The number of hydrogen-bond acceptors (Lipinski definition) is 5. The molecular formula is C17H21N3O3S. The van der Waals surface area contributed by atoms with Crippen molar-refractivity contribution < 1.29 is 14.3 Å². The van der Waals surface area contributed by atoms with Crippen molar-refractivity contribution in [1.82, 2.24) is 9.55 Å². The van der Waals surface area contributed by atoms with Crippen LogP contribution in [-0.2, 0) is 28.9 Å². The van der Waals surface area contributed by atoms with Gasteiger partial charge in [0.1, 0.15) is 6.54 Å². The molecule has 0 bridgehead atoms. The Bertz CT molecular complexity index is 770. The molecule has 128 valence electrons. The molecule has 0 saturated carbocycles. The van der Waals surface area contributed by atoms with Gasteiger partial charge in [-0.3, -0.25) is 4.79 Å². The molecule has 0 saturated heterocycles. The van der Waals surface area contributed by atoms with Crippen molar-refractivity contribution in [2.45, 2.75) is 46.6 Å². The number of ether oxygens (including phenoxy) is 1. The number of anilines is 1. The van der Waals surface area contributed by atoms with Gasteiger partial charge in [0.2, 0.25) is 5.91 Å². The summed E-state index contributed by atoms with van der Waals surface area (Å²) in [5.74, 6) is -0.492. The Labute approximate surface area is 144 Å². The second kappa shape index (κ2) is 6.76. The molecule has 0 aliphatic heterocycles. The summed E-state index contributed by atoms with van der Waals surface area (Å²) in [6, 6.07) is 1.76. The number of nitrogens with zero attached hydrogens (tertiary/aromatic N) is 2. The lowest BCUT2D eigenvalue weighted by molar-refractivity contribution is -0.116. The molecule has 1 aliphatic rings. The van der Waals surface area contributed by atoms with Crippen LogP contribution in [0.3, 0.4) is 0 Å². The lowest BCUT2D eigenvalue weighted by atomic mass is 10.2. The van der Waals surface area contributed by atoms with E-state index in [1.54, 1.807) is 24.3 Å². The van der Waals surface area contributed by atoms with Crippen LogP contribution in [0.5, 0.6) is 0 Å². The fraction of sp³-hybridized carbons (Fsp3) is 0.471. The van der Waals surface area contributed by atoms with Gasteiger partial charge in [-0.15, -0.1) is 11.3 Å². The quantitative estimate of drug-likeness (QED) is 0.844. The van der Waals surface area contributed by atoms with Crippen LogP contribution in [0.15, 0.2) is 6.07 Å². The molecule has 0 fully saturated rings. The van der Waals surface area contributed by atoms with E-state index in [0.29, 0.717) is 17.3 Å². The number of aryl methyl sites for hydroxylation is 3. The molecule has 2 aromatic rings. The highest BCUT2D eigenvalue weighted by Gasteiger charge is 2.20. The van der Waals surface area contributed by atoms with Gasteiger partial charge in [0.05, 0.1) is 17.9 Å². The number of thiazole rings is 1. The number of carbonyl (C=O) groups excluding carboxylic acids is 2. The third-order valence-corrected chi connectivity index (χ3v) is 5.29. The summed E-state index contributed by atoms with van der Waals surface area (Å²) in [6.07, 6.45) is 3.21. The zero-order valence-corrected chi connectivity index (χ0v) is 15.0. The van der Waals surface area contributed by atoms with Crippen LogP contribution in [-0.4, -0.2) is 28.0 Å². The predicted molar refractivity (Wildman–Crippen MR) is 92.6 cm³/mol. The Morgan fingerprint density at radius 2 is 2.17 bits per heavy atom.